The molecule has 128 valence electrons. The van der Waals surface area contributed by atoms with Gasteiger partial charge in [-0.2, -0.15) is 4.31 Å². The van der Waals surface area contributed by atoms with E-state index in [0.29, 0.717) is 39.4 Å². The standard InChI is InChI=1S/C15H22N2O4S2/c18-15(14-4-2-10-22-14)16-5-1-3-13(11-16)12-23(19,20)17-6-8-21-9-7-17/h2,4,10,13H,1,3,5-9,11-12H2. The number of sulfonamides is 1. The highest BCUT2D eigenvalue weighted by molar-refractivity contribution is 7.89. The van der Waals surface area contributed by atoms with E-state index in [1.165, 1.54) is 15.6 Å². The Morgan fingerprint density at radius 2 is 2.09 bits per heavy atom. The van der Waals surface area contributed by atoms with Crippen LogP contribution in [-0.2, 0) is 14.8 Å². The number of piperidine rings is 1. The van der Waals surface area contributed by atoms with Crippen LogP contribution in [0.25, 0.3) is 0 Å². The van der Waals surface area contributed by atoms with E-state index in [9.17, 15) is 13.2 Å². The van der Waals surface area contributed by atoms with Gasteiger partial charge in [-0.1, -0.05) is 6.07 Å². The molecule has 1 aromatic rings. The Morgan fingerprint density at radius 3 is 2.78 bits per heavy atom. The predicted molar refractivity (Wildman–Crippen MR) is 89.1 cm³/mol. The summed E-state index contributed by atoms with van der Waals surface area (Å²) in [7, 11) is -3.27. The molecular weight excluding hydrogens is 336 g/mol. The molecule has 2 saturated heterocycles. The first-order valence-corrected chi connectivity index (χ1v) is 10.4. The van der Waals surface area contributed by atoms with Gasteiger partial charge in [0.05, 0.1) is 23.8 Å². The van der Waals surface area contributed by atoms with Crippen LogP contribution in [0, 0.1) is 5.92 Å². The molecule has 0 bridgehead atoms. The maximum absolute atomic E-state index is 12.5. The summed E-state index contributed by atoms with van der Waals surface area (Å²) >= 11 is 1.43. The van der Waals surface area contributed by atoms with Gasteiger partial charge in [0, 0.05) is 26.2 Å². The normalized spacial score (nSPS) is 23.8. The van der Waals surface area contributed by atoms with Gasteiger partial charge in [0.25, 0.3) is 5.91 Å². The first kappa shape index (κ1) is 16.9. The minimum absolute atomic E-state index is 0.0144. The van der Waals surface area contributed by atoms with Gasteiger partial charge in [0.15, 0.2) is 0 Å². The Kier molecular flexibility index (Phi) is 5.35. The monoisotopic (exact) mass is 358 g/mol. The van der Waals surface area contributed by atoms with Crippen molar-refractivity contribution in [2.75, 3.05) is 45.1 Å². The Bertz CT molecular complexity index is 624. The molecule has 1 aromatic heterocycles. The molecule has 3 heterocycles. The molecule has 1 amide bonds. The smallest absolute Gasteiger partial charge is 0.263 e. The second-order valence-corrected chi connectivity index (χ2v) is 8.99. The van der Waals surface area contributed by atoms with Crippen LogP contribution in [0.3, 0.4) is 0 Å². The minimum atomic E-state index is -3.27. The number of nitrogens with zero attached hydrogens (tertiary/aromatic N) is 2. The quantitative estimate of drug-likeness (QED) is 0.813. The van der Waals surface area contributed by atoms with E-state index in [-0.39, 0.29) is 17.6 Å². The summed E-state index contributed by atoms with van der Waals surface area (Å²) < 4.78 is 31.8. The Morgan fingerprint density at radius 1 is 1.30 bits per heavy atom. The SMILES string of the molecule is O=C(c1cccs1)N1CCCC(CS(=O)(=O)N2CCOCC2)C1. The summed E-state index contributed by atoms with van der Waals surface area (Å²) in [6.45, 7) is 3.05. The third kappa shape index (κ3) is 4.12. The topological polar surface area (TPSA) is 66.9 Å². The number of likely N-dealkylation sites (tertiary alicyclic amines) is 1. The average Bonchev–Trinajstić information content (AvgIpc) is 3.09. The summed E-state index contributed by atoms with van der Waals surface area (Å²) in [6.07, 6.45) is 1.72. The van der Waals surface area contributed by atoms with Gasteiger partial charge in [-0.3, -0.25) is 4.79 Å². The maximum atomic E-state index is 12.5. The lowest BCUT2D eigenvalue weighted by Crippen LogP contribution is -2.46. The van der Waals surface area contributed by atoms with Crippen molar-refractivity contribution in [3.8, 4) is 0 Å². The van der Waals surface area contributed by atoms with E-state index in [1.807, 2.05) is 17.5 Å². The molecule has 1 unspecified atom stereocenters. The molecule has 3 rings (SSSR count). The Balaban J connectivity index is 1.61. The van der Waals surface area contributed by atoms with Crippen molar-refractivity contribution in [3.05, 3.63) is 22.4 Å². The van der Waals surface area contributed by atoms with Crippen LogP contribution in [-0.4, -0.2) is 68.7 Å². The van der Waals surface area contributed by atoms with Crippen molar-refractivity contribution in [1.82, 2.24) is 9.21 Å². The van der Waals surface area contributed by atoms with E-state index in [0.717, 1.165) is 17.7 Å². The molecule has 8 heteroatoms. The third-order valence-corrected chi connectivity index (χ3v) is 7.25. The largest absolute Gasteiger partial charge is 0.379 e. The zero-order chi connectivity index (χ0) is 16.3. The van der Waals surface area contributed by atoms with Crippen LogP contribution < -0.4 is 0 Å². The predicted octanol–water partition coefficient (Wildman–Crippen LogP) is 1.26. The lowest BCUT2D eigenvalue weighted by atomic mass is 10.00. The zero-order valence-electron chi connectivity index (χ0n) is 13.0. The zero-order valence-corrected chi connectivity index (χ0v) is 14.7. The molecule has 6 nitrogen and oxygen atoms in total. The number of carbonyl (C=O) groups excluding carboxylic acids is 1. The molecule has 2 aliphatic heterocycles. The molecule has 23 heavy (non-hydrogen) atoms. The van der Waals surface area contributed by atoms with Gasteiger partial charge in [-0.15, -0.1) is 11.3 Å². The first-order chi connectivity index (χ1) is 11.1. The van der Waals surface area contributed by atoms with Crippen molar-refractivity contribution >= 4 is 27.3 Å². The number of thiophene rings is 1. The van der Waals surface area contributed by atoms with E-state index in [4.69, 9.17) is 4.74 Å². The van der Waals surface area contributed by atoms with Crippen molar-refractivity contribution < 1.29 is 17.9 Å². The van der Waals surface area contributed by atoms with Gasteiger partial charge in [0.2, 0.25) is 10.0 Å². The molecule has 0 spiro atoms. The first-order valence-electron chi connectivity index (χ1n) is 7.94. The van der Waals surface area contributed by atoms with Gasteiger partial charge < -0.3 is 9.64 Å². The van der Waals surface area contributed by atoms with E-state index in [1.54, 1.807) is 4.90 Å². The fraction of sp³-hybridized carbons (Fsp3) is 0.667. The molecule has 2 aliphatic rings. The van der Waals surface area contributed by atoms with Gasteiger partial charge >= 0.3 is 0 Å². The lowest BCUT2D eigenvalue weighted by Gasteiger charge is -2.34. The number of carbonyl (C=O) groups is 1. The van der Waals surface area contributed by atoms with Gasteiger partial charge in [-0.25, -0.2) is 8.42 Å². The second kappa shape index (κ2) is 7.29. The number of amides is 1. The van der Waals surface area contributed by atoms with Crippen LogP contribution in [0.5, 0.6) is 0 Å². The molecule has 0 aliphatic carbocycles. The van der Waals surface area contributed by atoms with Crippen LogP contribution in [0.2, 0.25) is 0 Å². The van der Waals surface area contributed by atoms with E-state index >= 15 is 0 Å². The molecular formula is C15H22N2O4S2. The molecule has 2 fully saturated rings. The molecule has 0 N–H and O–H groups in total. The van der Waals surface area contributed by atoms with Crippen molar-refractivity contribution in [2.24, 2.45) is 5.92 Å². The van der Waals surface area contributed by atoms with Crippen LogP contribution >= 0.6 is 11.3 Å². The number of rotatable bonds is 4. The number of ether oxygens (including phenoxy) is 1. The van der Waals surface area contributed by atoms with Crippen LogP contribution in [0.1, 0.15) is 22.5 Å². The molecule has 1 atom stereocenters. The number of morpholine rings is 1. The summed E-state index contributed by atoms with van der Waals surface area (Å²) in [4.78, 5) is 15.0. The maximum Gasteiger partial charge on any atom is 0.263 e. The Hall–Kier alpha value is -0.960. The summed E-state index contributed by atoms with van der Waals surface area (Å²) in [6, 6.07) is 3.68. The Labute approximate surface area is 141 Å². The van der Waals surface area contributed by atoms with Crippen LogP contribution in [0.4, 0.5) is 0 Å². The molecule has 0 radical (unpaired) electrons. The highest BCUT2D eigenvalue weighted by Gasteiger charge is 2.31. The minimum Gasteiger partial charge on any atom is -0.379 e. The van der Waals surface area contributed by atoms with Gasteiger partial charge in [0.1, 0.15) is 0 Å². The van der Waals surface area contributed by atoms with Gasteiger partial charge in [-0.05, 0) is 30.2 Å². The van der Waals surface area contributed by atoms with Crippen LogP contribution in [0.15, 0.2) is 17.5 Å². The summed E-state index contributed by atoms with van der Waals surface area (Å²) in [5, 5.41) is 1.89. The van der Waals surface area contributed by atoms with Crippen molar-refractivity contribution in [1.29, 1.82) is 0 Å². The lowest BCUT2D eigenvalue weighted by molar-refractivity contribution is 0.0678. The van der Waals surface area contributed by atoms with Crippen molar-refractivity contribution in [2.45, 2.75) is 12.8 Å². The highest BCUT2D eigenvalue weighted by Crippen LogP contribution is 2.23. The number of hydrogen-bond donors (Lipinski definition) is 0. The van der Waals surface area contributed by atoms with Crippen molar-refractivity contribution in [3.63, 3.8) is 0 Å². The molecule has 0 aromatic carbocycles. The fourth-order valence-corrected chi connectivity index (χ4v) is 5.64. The van der Waals surface area contributed by atoms with E-state index in [2.05, 4.69) is 0 Å². The third-order valence-electron chi connectivity index (χ3n) is 4.35. The highest BCUT2D eigenvalue weighted by atomic mass is 32.2. The molecule has 0 saturated carbocycles. The second-order valence-electron chi connectivity index (χ2n) is 6.03. The fourth-order valence-electron chi connectivity index (χ4n) is 3.17. The summed E-state index contributed by atoms with van der Waals surface area (Å²) in [5.74, 6) is 0.162. The number of hydrogen-bond acceptors (Lipinski definition) is 5. The average molecular weight is 358 g/mol. The summed E-state index contributed by atoms with van der Waals surface area (Å²) in [5.41, 5.74) is 0. The van der Waals surface area contributed by atoms with E-state index < -0.39 is 10.0 Å².